The Labute approximate surface area is 239 Å². The van der Waals surface area contributed by atoms with Crippen LogP contribution in [0.2, 0.25) is 0 Å². The van der Waals surface area contributed by atoms with Crippen LogP contribution in [0.5, 0.6) is 0 Å². The second kappa shape index (κ2) is 13.0. The summed E-state index contributed by atoms with van der Waals surface area (Å²) in [5.41, 5.74) is 3.07. The first-order valence-electron chi connectivity index (χ1n) is 12.6. The number of aromatic nitrogens is 1. The molecule has 0 saturated carbocycles. The molecule has 40 heavy (non-hydrogen) atoms. The van der Waals surface area contributed by atoms with Gasteiger partial charge in [-0.1, -0.05) is 31.5 Å². The van der Waals surface area contributed by atoms with Crippen molar-refractivity contribution in [3.63, 3.8) is 0 Å². The normalized spacial score (nSPS) is 15.9. The lowest BCUT2D eigenvalue weighted by Crippen LogP contribution is -2.27. The number of sulfonamides is 1. The molecular formula is C28H35N3O7S2. The topological polar surface area (TPSA) is 144 Å². The number of hydrogen-bond donors (Lipinski definition) is 2. The standard InChI is InChI=1S/C28H35N3O7S2/c1-17-7-9-18(10-8-17)40(35,36)29-15-21(27-28(2,3)14-23(31-27)39-6)26-20(13-25(34)38-5)19(22(16-32)30-26)11-12-24(33)37-4/h7-10,16,29-30H,11-15H2,1-6H3/b27-21+. The van der Waals surface area contributed by atoms with Gasteiger partial charge in [-0.2, -0.15) is 0 Å². The van der Waals surface area contributed by atoms with Crippen molar-refractivity contribution >= 4 is 50.6 Å². The summed E-state index contributed by atoms with van der Waals surface area (Å²) in [7, 11) is -1.39. The van der Waals surface area contributed by atoms with Gasteiger partial charge in [0.15, 0.2) is 6.29 Å². The lowest BCUT2D eigenvalue weighted by molar-refractivity contribution is -0.140. The van der Waals surface area contributed by atoms with Gasteiger partial charge in [-0.3, -0.25) is 14.4 Å². The van der Waals surface area contributed by atoms with Gasteiger partial charge in [-0.15, -0.1) is 11.8 Å². The number of aryl methyl sites for hydroxylation is 1. The largest absolute Gasteiger partial charge is 0.469 e. The first kappa shape index (κ1) is 31.3. The maximum absolute atomic E-state index is 13.3. The average molecular weight is 590 g/mol. The Morgan fingerprint density at radius 2 is 1.77 bits per heavy atom. The summed E-state index contributed by atoms with van der Waals surface area (Å²) >= 11 is 1.50. The molecule has 2 aromatic rings. The van der Waals surface area contributed by atoms with E-state index < -0.39 is 27.4 Å². The van der Waals surface area contributed by atoms with E-state index in [2.05, 4.69) is 9.71 Å². The van der Waals surface area contributed by atoms with Crippen LogP contribution in [-0.2, 0) is 41.9 Å². The minimum Gasteiger partial charge on any atom is -0.469 e. The predicted molar refractivity (Wildman–Crippen MR) is 155 cm³/mol. The third-order valence-corrected chi connectivity index (χ3v) is 8.91. The molecule has 0 amide bonds. The second-order valence-corrected chi connectivity index (χ2v) is 12.7. The van der Waals surface area contributed by atoms with Crippen LogP contribution in [0.4, 0.5) is 0 Å². The molecule has 3 rings (SSSR count). The molecule has 1 aliphatic rings. The van der Waals surface area contributed by atoms with Crippen LogP contribution < -0.4 is 4.72 Å². The van der Waals surface area contributed by atoms with Crippen molar-refractivity contribution in [1.29, 1.82) is 0 Å². The summed E-state index contributed by atoms with van der Waals surface area (Å²) in [5, 5.41) is 0.876. The van der Waals surface area contributed by atoms with Crippen LogP contribution in [-0.4, -0.2) is 63.7 Å². The van der Waals surface area contributed by atoms with Crippen LogP contribution in [0.1, 0.15) is 59.6 Å². The Morgan fingerprint density at radius 1 is 1.12 bits per heavy atom. The number of ether oxygens (including phenoxy) is 2. The summed E-state index contributed by atoms with van der Waals surface area (Å²) in [6.07, 6.45) is 3.09. The fourth-order valence-corrected chi connectivity index (χ4v) is 6.30. The lowest BCUT2D eigenvalue weighted by Gasteiger charge is -2.23. The summed E-state index contributed by atoms with van der Waals surface area (Å²) in [4.78, 5) is 44.6. The third-order valence-electron chi connectivity index (χ3n) is 6.79. The van der Waals surface area contributed by atoms with E-state index in [9.17, 15) is 22.8 Å². The van der Waals surface area contributed by atoms with Gasteiger partial charge in [0.05, 0.1) is 42.0 Å². The number of hydrogen-bond acceptors (Lipinski definition) is 9. The van der Waals surface area contributed by atoms with Crippen LogP contribution >= 0.6 is 11.8 Å². The number of carbonyl (C=O) groups is 3. The summed E-state index contributed by atoms with van der Waals surface area (Å²) in [5.74, 6) is -1.03. The van der Waals surface area contributed by atoms with Crippen molar-refractivity contribution < 1.29 is 32.3 Å². The minimum absolute atomic E-state index is 0.0188. The van der Waals surface area contributed by atoms with E-state index >= 15 is 0 Å². The molecule has 0 radical (unpaired) electrons. The molecule has 216 valence electrons. The van der Waals surface area contributed by atoms with Gasteiger partial charge in [-0.25, -0.2) is 18.1 Å². The van der Waals surface area contributed by atoms with E-state index in [4.69, 9.17) is 14.5 Å². The maximum Gasteiger partial charge on any atom is 0.310 e. The van der Waals surface area contributed by atoms with Crippen molar-refractivity contribution in [2.45, 2.75) is 51.3 Å². The fourth-order valence-electron chi connectivity index (χ4n) is 4.61. The van der Waals surface area contributed by atoms with E-state index in [1.165, 1.54) is 38.1 Å². The van der Waals surface area contributed by atoms with Gasteiger partial charge >= 0.3 is 11.9 Å². The van der Waals surface area contributed by atoms with Gasteiger partial charge in [-0.05, 0) is 42.9 Å². The number of rotatable bonds is 11. The molecule has 0 spiro atoms. The lowest BCUT2D eigenvalue weighted by atomic mass is 9.84. The Balaban J connectivity index is 2.22. The molecule has 1 aliphatic heterocycles. The summed E-state index contributed by atoms with van der Waals surface area (Å²) in [6, 6.07) is 6.49. The molecule has 0 unspecified atom stereocenters. The van der Waals surface area contributed by atoms with Crippen LogP contribution in [0.25, 0.3) is 5.57 Å². The van der Waals surface area contributed by atoms with E-state index in [1.54, 1.807) is 12.1 Å². The van der Waals surface area contributed by atoms with Gasteiger partial charge in [0.1, 0.15) is 0 Å². The zero-order valence-electron chi connectivity index (χ0n) is 23.5. The van der Waals surface area contributed by atoms with Gasteiger partial charge in [0, 0.05) is 36.1 Å². The van der Waals surface area contributed by atoms with Gasteiger partial charge in [0.2, 0.25) is 10.0 Å². The SMILES string of the molecule is COC(=O)CCc1c(C=O)[nH]c(/C(CNS(=O)(=O)c2ccc(C)cc2)=C2/N=C(SC)CC2(C)C)c1CC(=O)OC. The van der Waals surface area contributed by atoms with Crippen molar-refractivity contribution in [2.75, 3.05) is 27.0 Å². The highest BCUT2D eigenvalue weighted by atomic mass is 32.2. The number of nitrogens with one attached hydrogen (secondary N) is 2. The number of aldehydes is 1. The molecule has 0 aliphatic carbocycles. The number of aromatic amines is 1. The highest BCUT2D eigenvalue weighted by Crippen LogP contribution is 2.44. The number of aliphatic imine (C=N–C) groups is 1. The number of allylic oxidation sites excluding steroid dienone is 1. The minimum atomic E-state index is -3.91. The number of esters is 2. The third kappa shape index (κ3) is 7.10. The van der Waals surface area contributed by atoms with Crippen molar-refractivity contribution in [3.8, 4) is 0 Å². The predicted octanol–water partition coefficient (Wildman–Crippen LogP) is 3.84. The average Bonchev–Trinajstić information content (AvgIpc) is 3.43. The molecule has 2 heterocycles. The molecule has 2 N–H and O–H groups in total. The van der Waals surface area contributed by atoms with E-state index in [-0.39, 0.29) is 36.4 Å². The van der Waals surface area contributed by atoms with E-state index in [0.29, 0.717) is 40.8 Å². The number of carbonyl (C=O) groups excluding carboxylic acids is 3. The van der Waals surface area contributed by atoms with Crippen molar-refractivity contribution in [1.82, 2.24) is 9.71 Å². The Kier molecular flexibility index (Phi) is 10.1. The molecule has 1 aromatic carbocycles. The molecule has 1 aromatic heterocycles. The molecule has 0 fully saturated rings. The quantitative estimate of drug-likeness (QED) is 0.297. The summed E-state index contributed by atoms with van der Waals surface area (Å²) in [6.45, 7) is 5.71. The second-order valence-electron chi connectivity index (χ2n) is 10.1. The Morgan fingerprint density at radius 3 is 2.33 bits per heavy atom. The zero-order chi connectivity index (χ0) is 29.7. The first-order valence-corrected chi connectivity index (χ1v) is 15.3. The number of H-pyrrole nitrogens is 1. The highest BCUT2D eigenvalue weighted by molar-refractivity contribution is 8.13. The Bertz CT molecular complexity index is 1450. The van der Waals surface area contributed by atoms with E-state index in [1.807, 2.05) is 27.0 Å². The number of methoxy groups -OCH3 is 2. The fraction of sp³-hybridized carbons (Fsp3) is 0.429. The monoisotopic (exact) mass is 589 g/mol. The smallest absolute Gasteiger partial charge is 0.310 e. The van der Waals surface area contributed by atoms with Gasteiger partial charge < -0.3 is 14.5 Å². The maximum atomic E-state index is 13.3. The Hall–Kier alpha value is -3.22. The van der Waals surface area contributed by atoms with Gasteiger partial charge in [0.25, 0.3) is 0 Å². The van der Waals surface area contributed by atoms with E-state index in [0.717, 1.165) is 10.6 Å². The molecule has 0 atom stereocenters. The molecule has 0 saturated heterocycles. The zero-order valence-corrected chi connectivity index (χ0v) is 25.2. The summed E-state index contributed by atoms with van der Waals surface area (Å²) < 4.78 is 38.9. The number of benzene rings is 1. The molecule has 12 heteroatoms. The number of thioether (sulfide) groups is 1. The van der Waals surface area contributed by atoms with Crippen molar-refractivity contribution in [2.24, 2.45) is 10.4 Å². The molecule has 10 nitrogen and oxygen atoms in total. The van der Waals surface area contributed by atoms with Crippen LogP contribution in [0.3, 0.4) is 0 Å². The molecular weight excluding hydrogens is 554 g/mol. The van der Waals surface area contributed by atoms with Crippen molar-refractivity contribution in [3.05, 3.63) is 58.0 Å². The number of nitrogens with zero attached hydrogens (tertiary/aromatic N) is 1. The highest BCUT2D eigenvalue weighted by Gasteiger charge is 2.36. The van der Waals surface area contributed by atoms with Crippen LogP contribution in [0.15, 0.2) is 39.9 Å². The van der Waals surface area contributed by atoms with Crippen LogP contribution in [0, 0.1) is 12.3 Å². The molecule has 0 bridgehead atoms. The first-order chi connectivity index (χ1) is 18.9.